The van der Waals surface area contributed by atoms with Crippen LogP contribution in [0.4, 0.5) is 0 Å². The number of carboxylic acid groups (broad SMARTS) is 1. The van der Waals surface area contributed by atoms with E-state index in [9.17, 15) is 14.7 Å². The molecule has 6 heteroatoms. The zero-order valence-electron chi connectivity index (χ0n) is 20.7. The highest BCUT2D eigenvalue weighted by Crippen LogP contribution is 2.20. The van der Waals surface area contributed by atoms with Crippen molar-refractivity contribution in [1.29, 1.82) is 0 Å². The molecule has 0 aromatic rings. The Morgan fingerprint density at radius 2 is 1.28 bits per heavy atom. The first-order chi connectivity index (χ1) is 15.6. The Hall–Kier alpha value is -1.27. The van der Waals surface area contributed by atoms with E-state index in [1.807, 2.05) is 0 Å². The molecule has 1 aliphatic heterocycles. The Kier molecular flexibility index (Phi) is 16.3. The summed E-state index contributed by atoms with van der Waals surface area (Å²) in [4.78, 5) is 28.2. The first kappa shape index (κ1) is 28.8. The summed E-state index contributed by atoms with van der Waals surface area (Å²) in [7, 11) is 0. The van der Waals surface area contributed by atoms with Crippen LogP contribution in [-0.4, -0.2) is 65.1 Å². The van der Waals surface area contributed by atoms with Crippen LogP contribution < -0.4 is 0 Å². The molecule has 6 nitrogen and oxygen atoms in total. The van der Waals surface area contributed by atoms with Crippen molar-refractivity contribution in [2.24, 2.45) is 4.99 Å². The summed E-state index contributed by atoms with van der Waals surface area (Å²) in [5.74, 6) is -0.344. The third-order valence-electron chi connectivity index (χ3n) is 6.78. The van der Waals surface area contributed by atoms with E-state index >= 15 is 0 Å². The number of ketones is 1. The minimum absolute atomic E-state index is 0.00867. The average Bonchev–Trinajstić information content (AvgIpc) is 3.19. The van der Waals surface area contributed by atoms with Gasteiger partial charge in [0.25, 0.3) is 5.84 Å². The fraction of sp³-hybridized carbons (Fsp3) is 0.885. The van der Waals surface area contributed by atoms with Gasteiger partial charge in [-0.3, -0.25) is 14.1 Å². The second-order valence-electron chi connectivity index (χ2n) is 9.51. The van der Waals surface area contributed by atoms with Gasteiger partial charge in [0.1, 0.15) is 13.1 Å². The van der Waals surface area contributed by atoms with Gasteiger partial charge in [-0.05, 0) is 6.42 Å². The van der Waals surface area contributed by atoms with E-state index in [0.717, 1.165) is 12.8 Å². The minimum Gasteiger partial charge on any atom is -0.481 e. The van der Waals surface area contributed by atoms with Crippen molar-refractivity contribution in [3.05, 3.63) is 0 Å². The molecule has 0 saturated heterocycles. The molecule has 0 aliphatic carbocycles. The molecule has 0 radical (unpaired) electrons. The Balaban J connectivity index is 2.07. The Labute approximate surface area is 196 Å². The lowest BCUT2D eigenvalue weighted by Gasteiger charge is -2.33. The lowest BCUT2D eigenvalue weighted by Crippen LogP contribution is -2.56. The summed E-state index contributed by atoms with van der Waals surface area (Å²) in [5, 5.41) is 18.5. The molecule has 1 rings (SSSR count). The molecule has 0 saturated carbocycles. The minimum atomic E-state index is -0.874. The van der Waals surface area contributed by atoms with Crippen LogP contribution in [0.25, 0.3) is 0 Å². The number of Topliss-reactive ketones (excluding diaryl/α,β-unsaturated/α-hetero) is 1. The maximum Gasteiger partial charge on any atom is 0.309 e. The number of aliphatic carboxylic acids is 1. The quantitative estimate of drug-likeness (QED) is 0.167. The maximum atomic E-state index is 12.7. The third-order valence-corrected chi connectivity index (χ3v) is 6.78. The zero-order valence-corrected chi connectivity index (χ0v) is 20.7. The van der Waals surface area contributed by atoms with E-state index < -0.39 is 5.97 Å². The monoisotopic (exact) mass is 453 g/mol. The van der Waals surface area contributed by atoms with Gasteiger partial charge in [-0.1, -0.05) is 96.8 Å². The van der Waals surface area contributed by atoms with E-state index in [0.29, 0.717) is 38.4 Å². The highest BCUT2D eigenvalue weighted by Gasteiger charge is 2.41. The van der Waals surface area contributed by atoms with E-state index in [4.69, 9.17) is 5.11 Å². The van der Waals surface area contributed by atoms with Gasteiger partial charge in [0.05, 0.1) is 26.1 Å². The third kappa shape index (κ3) is 12.1. The van der Waals surface area contributed by atoms with E-state index in [2.05, 4.69) is 11.9 Å². The topological polar surface area (TPSA) is 87.0 Å². The molecule has 0 fully saturated rings. The molecule has 0 aromatic carbocycles. The summed E-state index contributed by atoms with van der Waals surface area (Å²) in [6, 6.07) is 0. The van der Waals surface area contributed by atoms with Gasteiger partial charge < -0.3 is 10.2 Å². The fourth-order valence-corrected chi connectivity index (χ4v) is 4.77. The number of hydrogen-bond acceptors (Lipinski definition) is 4. The molecule has 0 aromatic heterocycles. The summed E-state index contributed by atoms with van der Waals surface area (Å²) in [6.07, 6.45) is 19.9. The SMILES string of the molecule is CCCCCCCCCCCCCCCCCC(=O)C1=NCC[N+]1(CCO)CCC(=O)O. The highest BCUT2D eigenvalue weighted by molar-refractivity contribution is 6.36. The first-order valence-electron chi connectivity index (χ1n) is 13.3. The van der Waals surface area contributed by atoms with Crippen LogP contribution >= 0.6 is 0 Å². The van der Waals surface area contributed by atoms with E-state index in [1.165, 1.54) is 83.5 Å². The summed E-state index contributed by atoms with van der Waals surface area (Å²) in [6.45, 7) is 4.06. The standard InChI is InChI=1S/C26H48N2O4/c1-2-3-4-5-6-7-8-9-10-11-12-13-14-15-16-17-24(30)26-27-19-21-28(26,22-23-29)20-18-25(31)32/h29H,2-23H2,1H3/p+1. The molecule has 0 bridgehead atoms. The number of carbonyl (C=O) groups is 2. The Bertz CT molecular complexity index is 550. The summed E-state index contributed by atoms with van der Waals surface area (Å²) in [5.41, 5.74) is 0. The molecular formula is C26H49N2O4+. The number of aliphatic hydroxyl groups excluding tert-OH is 1. The van der Waals surface area contributed by atoms with E-state index in [1.54, 1.807) is 0 Å². The number of unbranched alkanes of at least 4 members (excludes halogenated alkanes) is 14. The molecule has 0 spiro atoms. The maximum absolute atomic E-state index is 12.7. The predicted molar refractivity (Wildman–Crippen MR) is 131 cm³/mol. The number of nitrogens with zero attached hydrogens (tertiary/aromatic N) is 2. The molecule has 0 amide bonds. The smallest absolute Gasteiger partial charge is 0.309 e. The molecule has 1 heterocycles. The van der Waals surface area contributed by atoms with Crippen LogP contribution in [0.3, 0.4) is 0 Å². The number of hydrogen-bond donors (Lipinski definition) is 2. The van der Waals surface area contributed by atoms with Crippen LogP contribution in [0, 0.1) is 0 Å². The van der Waals surface area contributed by atoms with Crippen LogP contribution in [0.1, 0.15) is 116 Å². The Morgan fingerprint density at radius 3 is 1.75 bits per heavy atom. The van der Waals surface area contributed by atoms with Gasteiger partial charge in [-0.15, -0.1) is 0 Å². The predicted octanol–water partition coefficient (Wildman–Crippen LogP) is 5.51. The number of rotatable bonds is 22. The molecule has 2 N–H and O–H groups in total. The van der Waals surface area contributed by atoms with E-state index in [-0.39, 0.29) is 23.3 Å². The number of carbonyl (C=O) groups excluding carboxylic acids is 1. The summed E-state index contributed by atoms with van der Waals surface area (Å²) >= 11 is 0. The van der Waals surface area contributed by atoms with Crippen LogP contribution in [-0.2, 0) is 9.59 Å². The van der Waals surface area contributed by atoms with Gasteiger partial charge in [0.2, 0.25) is 5.78 Å². The van der Waals surface area contributed by atoms with Crippen molar-refractivity contribution >= 4 is 17.6 Å². The van der Waals surface area contributed by atoms with Crippen LogP contribution in [0.2, 0.25) is 0 Å². The number of aliphatic hydroxyl groups is 1. The first-order valence-corrected chi connectivity index (χ1v) is 13.3. The normalized spacial score (nSPS) is 18.1. The second-order valence-corrected chi connectivity index (χ2v) is 9.51. The van der Waals surface area contributed by atoms with Crippen molar-refractivity contribution < 1.29 is 24.3 Å². The molecular weight excluding hydrogens is 404 g/mol. The van der Waals surface area contributed by atoms with Crippen LogP contribution in [0.15, 0.2) is 4.99 Å². The molecule has 1 aliphatic rings. The fourth-order valence-electron chi connectivity index (χ4n) is 4.77. The number of carboxylic acids is 1. The van der Waals surface area contributed by atoms with Crippen molar-refractivity contribution in [3.63, 3.8) is 0 Å². The number of quaternary nitrogens is 1. The van der Waals surface area contributed by atoms with Crippen molar-refractivity contribution in [1.82, 2.24) is 0 Å². The number of aliphatic imine (C=N–C) groups is 1. The molecule has 186 valence electrons. The lowest BCUT2D eigenvalue weighted by molar-refractivity contribution is -0.833. The Morgan fingerprint density at radius 1 is 0.781 bits per heavy atom. The second kappa shape index (κ2) is 18.2. The average molecular weight is 454 g/mol. The lowest BCUT2D eigenvalue weighted by atomic mass is 10.0. The zero-order chi connectivity index (χ0) is 23.5. The van der Waals surface area contributed by atoms with Gasteiger partial charge in [-0.25, -0.2) is 4.99 Å². The van der Waals surface area contributed by atoms with Gasteiger partial charge in [-0.2, -0.15) is 0 Å². The van der Waals surface area contributed by atoms with Gasteiger partial charge >= 0.3 is 5.97 Å². The van der Waals surface area contributed by atoms with Gasteiger partial charge in [0, 0.05) is 6.42 Å². The molecule has 32 heavy (non-hydrogen) atoms. The van der Waals surface area contributed by atoms with Crippen molar-refractivity contribution in [3.8, 4) is 0 Å². The summed E-state index contributed by atoms with van der Waals surface area (Å²) < 4.78 is 0.236. The van der Waals surface area contributed by atoms with Crippen molar-refractivity contribution in [2.75, 3.05) is 32.8 Å². The van der Waals surface area contributed by atoms with Crippen LogP contribution in [0.5, 0.6) is 0 Å². The molecule has 1 atom stereocenters. The number of amidine groups is 1. The molecule has 1 unspecified atom stereocenters. The van der Waals surface area contributed by atoms with Crippen molar-refractivity contribution in [2.45, 2.75) is 116 Å². The van der Waals surface area contributed by atoms with Gasteiger partial charge in [0.15, 0.2) is 0 Å². The largest absolute Gasteiger partial charge is 0.481 e. The highest BCUT2D eigenvalue weighted by atomic mass is 16.4.